The molecule has 2 fully saturated rings. The maximum Gasteiger partial charge on any atom is 0.217 e. The first kappa shape index (κ1) is 13.0. The molecule has 0 N–H and O–H groups in total. The van der Waals surface area contributed by atoms with E-state index in [1.165, 1.54) is 0 Å². The van der Waals surface area contributed by atoms with E-state index in [2.05, 4.69) is 0 Å². The van der Waals surface area contributed by atoms with Crippen LogP contribution in [-0.2, 0) is 14.8 Å². The van der Waals surface area contributed by atoms with Crippen molar-refractivity contribution in [2.75, 3.05) is 13.1 Å². The fraction of sp³-hybridized carbons (Fsp3) is 0.917. The van der Waals surface area contributed by atoms with Gasteiger partial charge in [-0.05, 0) is 26.2 Å². The van der Waals surface area contributed by atoms with Gasteiger partial charge in [0.2, 0.25) is 10.0 Å². The number of nitrogens with zero attached hydrogens (tertiary/aromatic N) is 1. The maximum absolute atomic E-state index is 12.4. The second-order valence-electron chi connectivity index (χ2n) is 5.26. The molecule has 0 radical (unpaired) electrons. The van der Waals surface area contributed by atoms with E-state index in [0.717, 1.165) is 32.1 Å². The summed E-state index contributed by atoms with van der Waals surface area (Å²) in [5.41, 5.74) is 0. The Kier molecular flexibility index (Phi) is 3.88. The third-order valence-electron chi connectivity index (χ3n) is 4.06. The molecule has 0 aromatic rings. The van der Waals surface area contributed by atoms with Crippen molar-refractivity contribution in [3.63, 3.8) is 0 Å². The van der Waals surface area contributed by atoms with Crippen molar-refractivity contribution in [3.05, 3.63) is 0 Å². The van der Waals surface area contributed by atoms with E-state index in [9.17, 15) is 13.2 Å². The summed E-state index contributed by atoms with van der Waals surface area (Å²) in [7, 11) is -3.15. The van der Waals surface area contributed by atoms with Crippen LogP contribution in [-0.4, -0.2) is 36.8 Å². The van der Waals surface area contributed by atoms with Gasteiger partial charge in [-0.25, -0.2) is 12.7 Å². The third-order valence-corrected chi connectivity index (χ3v) is 6.42. The average molecular weight is 259 g/mol. The number of Topliss-reactive ketones (excluding diaryl/α,β-unsaturated/α-hetero) is 1. The first-order valence-corrected chi connectivity index (χ1v) is 8.01. The molecule has 98 valence electrons. The zero-order valence-electron chi connectivity index (χ0n) is 10.4. The molecule has 0 aromatic heterocycles. The third kappa shape index (κ3) is 2.71. The first-order chi connectivity index (χ1) is 8.01. The van der Waals surface area contributed by atoms with Crippen LogP contribution in [0.5, 0.6) is 0 Å². The fourth-order valence-corrected chi connectivity index (χ4v) is 4.96. The van der Waals surface area contributed by atoms with Gasteiger partial charge in [-0.3, -0.25) is 4.79 Å². The van der Waals surface area contributed by atoms with Crippen LogP contribution in [0.3, 0.4) is 0 Å². The van der Waals surface area contributed by atoms with Gasteiger partial charge in [-0.2, -0.15) is 0 Å². The monoisotopic (exact) mass is 259 g/mol. The molecule has 1 atom stereocenters. The molecule has 1 saturated carbocycles. The highest BCUT2D eigenvalue weighted by atomic mass is 32.2. The largest absolute Gasteiger partial charge is 0.300 e. The van der Waals surface area contributed by atoms with Crippen molar-refractivity contribution < 1.29 is 13.2 Å². The van der Waals surface area contributed by atoms with Gasteiger partial charge in [0.1, 0.15) is 5.78 Å². The Morgan fingerprint density at radius 1 is 1.12 bits per heavy atom. The minimum Gasteiger partial charge on any atom is -0.300 e. The topological polar surface area (TPSA) is 54.5 Å². The van der Waals surface area contributed by atoms with Gasteiger partial charge in [0.05, 0.1) is 5.25 Å². The quantitative estimate of drug-likeness (QED) is 0.773. The van der Waals surface area contributed by atoms with E-state index in [1.54, 1.807) is 11.2 Å². The Morgan fingerprint density at radius 3 is 2.29 bits per heavy atom. The Hall–Kier alpha value is -0.420. The van der Waals surface area contributed by atoms with Crippen molar-refractivity contribution >= 4 is 15.8 Å². The summed E-state index contributed by atoms with van der Waals surface area (Å²) >= 11 is 0. The number of rotatable bonds is 3. The molecule has 0 amide bonds. The second kappa shape index (κ2) is 5.06. The minimum absolute atomic E-state index is 0.0756. The van der Waals surface area contributed by atoms with Gasteiger partial charge in [0.25, 0.3) is 0 Å². The molecule has 1 aliphatic carbocycles. The lowest BCUT2D eigenvalue weighted by Gasteiger charge is -2.26. The van der Waals surface area contributed by atoms with Crippen LogP contribution in [0.15, 0.2) is 0 Å². The Labute approximate surface area is 103 Å². The van der Waals surface area contributed by atoms with E-state index in [1.807, 2.05) is 0 Å². The molecule has 0 bridgehead atoms. The smallest absolute Gasteiger partial charge is 0.217 e. The summed E-state index contributed by atoms with van der Waals surface area (Å²) in [5.74, 6) is 0.0414. The molecular weight excluding hydrogens is 238 g/mol. The molecule has 1 aliphatic heterocycles. The highest BCUT2D eigenvalue weighted by molar-refractivity contribution is 7.89. The number of hydrogen-bond acceptors (Lipinski definition) is 3. The zero-order chi connectivity index (χ0) is 12.5. The summed E-state index contributed by atoms with van der Waals surface area (Å²) in [6.07, 6.45) is 5.48. The lowest BCUT2D eigenvalue weighted by atomic mass is 10.0. The van der Waals surface area contributed by atoms with Gasteiger partial charge in [-0.15, -0.1) is 0 Å². The highest BCUT2D eigenvalue weighted by Gasteiger charge is 2.38. The summed E-state index contributed by atoms with van der Waals surface area (Å²) in [4.78, 5) is 11.3. The summed E-state index contributed by atoms with van der Waals surface area (Å²) < 4.78 is 26.3. The molecule has 2 aliphatic rings. The molecule has 0 spiro atoms. The Morgan fingerprint density at radius 2 is 1.76 bits per heavy atom. The van der Waals surface area contributed by atoms with Crippen molar-refractivity contribution in [1.82, 2.24) is 4.31 Å². The zero-order valence-corrected chi connectivity index (χ0v) is 11.2. The van der Waals surface area contributed by atoms with E-state index in [0.29, 0.717) is 19.5 Å². The van der Waals surface area contributed by atoms with Gasteiger partial charge >= 0.3 is 0 Å². The van der Waals surface area contributed by atoms with Crippen molar-refractivity contribution in [2.24, 2.45) is 5.92 Å². The van der Waals surface area contributed by atoms with Crippen LogP contribution in [0.4, 0.5) is 0 Å². The van der Waals surface area contributed by atoms with Crippen LogP contribution >= 0.6 is 0 Å². The molecule has 5 heteroatoms. The average Bonchev–Trinajstić information content (AvgIpc) is 2.80. The number of hydrogen-bond donors (Lipinski definition) is 0. The number of carbonyl (C=O) groups is 1. The maximum atomic E-state index is 12.4. The molecule has 1 heterocycles. The molecule has 1 saturated heterocycles. The van der Waals surface area contributed by atoms with Gasteiger partial charge in [0.15, 0.2) is 0 Å². The van der Waals surface area contributed by atoms with Gasteiger partial charge in [0, 0.05) is 19.0 Å². The first-order valence-electron chi connectivity index (χ1n) is 6.51. The standard InChI is InChI=1S/C12H21NO3S/c1-10(14)11-7-8-13(9-11)17(15,16)12-5-3-2-4-6-12/h11-12H,2-9H2,1H3. The number of ketones is 1. The van der Waals surface area contributed by atoms with Crippen LogP contribution < -0.4 is 0 Å². The van der Waals surface area contributed by atoms with Crippen molar-refractivity contribution in [3.8, 4) is 0 Å². The van der Waals surface area contributed by atoms with E-state index in [-0.39, 0.29) is 17.0 Å². The predicted molar refractivity (Wildman–Crippen MR) is 66.2 cm³/mol. The highest BCUT2D eigenvalue weighted by Crippen LogP contribution is 2.29. The van der Waals surface area contributed by atoms with Crippen LogP contribution in [0.1, 0.15) is 45.4 Å². The molecule has 1 unspecified atom stereocenters. The molecule has 0 aromatic carbocycles. The normalized spacial score (nSPS) is 28.4. The summed E-state index contributed by atoms with van der Waals surface area (Å²) in [6, 6.07) is 0. The van der Waals surface area contributed by atoms with Crippen molar-refractivity contribution in [1.29, 1.82) is 0 Å². The molecule has 4 nitrogen and oxygen atoms in total. The molecular formula is C12H21NO3S. The van der Waals surface area contributed by atoms with E-state index in [4.69, 9.17) is 0 Å². The SMILES string of the molecule is CC(=O)C1CCN(S(=O)(=O)C2CCCCC2)C1. The predicted octanol–water partition coefficient (Wildman–Crippen LogP) is 1.56. The number of carbonyl (C=O) groups excluding carboxylic acids is 1. The summed E-state index contributed by atoms with van der Waals surface area (Å²) in [5, 5.41) is -0.193. The minimum atomic E-state index is -3.15. The summed E-state index contributed by atoms with van der Waals surface area (Å²) in [6.45, 7) is 2.50. The van der Waals surface area contributed by atoms with Gasteiger partial charge < -0.3 is 0 Å². The lowest BCUT2D eigenvalue weighted by molar-refractivity contribution is -0.120. The number of sulfonamides is 1. The van der Waals surface area contributed by atoms with Crippen molar-refractivity contribution in [2.45, 2.75) is 50.7 Å². The van der Waals surface area contributed by atoms with E-state index < -0.39 is 10.0 Å². The Balaban J connectivity index is 2.03. The van der Waals surface area contributed by atoms with E-state index >= 15 is 0 Å². The molecule has 17 heavy (non-hydrogen) atoms. The molecule has 2 rings (SSSR count). The second-order valence-corrected chi connectivity index (χ2v) is 7.47. The fourth-order valence-electron chi connectivity index (χ4n) is 2.86. The van der Waals surface area contributed by atoms with Gasteiger partial charge in [-0.1, -0.05) is 19.3 Å². The Bertz CT molecular complexity index is 385. The van der Waals surface area contributed by atoms with Crippen LogP contribution in [0.2, 0.25) is 0 Å². The van der Waals surface area contributed by atoms with Crippen LogP contribution in [0, 0.1) is 5.92 Å². The van der Waals surface area contributed by atoms with Crippen LogP contribution in [0.25, 0.3) is 0 Å². The lowest BCUT2D eigenvalue weighted by Crippen LogP contribution is -2.38.